The van der Waals surface area contributed by atoms with Crippen molar-refractivity contribution in [1.82, 2.24) is 9.55 Å². The molecule has 0 radical (unpaired) electrons. The molecule has 2 aliphatic carbocycles. The van der Waals surface area contributed by atoms with Crippen molar-refractivity contribution >= 4 is 33.9 Å². The van der Waals surface area contributed by atoms with Crippen LogP contribution < -0.4 is 10.0 Å². The van der Waals surface area contributed by atoms with Gasteiger partial charge in [-0.2, -0.15) is 0 Å². The summed E-state index contributed by atoms with van der Waals surface area (Å²) in [4.78, 5) is 19.6. The number of thiophene rings is 1. The fraction of sp³-hybridized carbons (Fsp3) is 0.440. The van der Waals surface area contributed by atoms with Crippen molar-refractivity contribution < 1.29 is 9.00 Å². The molecular weight excluding hydrogens is 452 g/mol. The van der Waals surface area contributed by atoms with Gasteiger partial charge in [0.05, 0.1) is 6.54 Å². The van der Waals surface area contributed by atoms with E-state index in [-0.39, 0.29) is 11.8 Å². The molecule has 3 atom stereocenters. The molecule has 1 saturated carbocycles. The van der Waals surface area contributed by atoms with Gasteiger partial charge in [-0.3, -0.25) is 4.79 Å². The number of imidazole rings is 1. The molecule has 1 unspecified atom stereocenters. The predicted molar refractivity (Wildman–Crippen MR) is 134 cm³/mol. The van der Waals surface area contributed by atoms with E-state index in [1.165, 1.54) is 41.7 Å². The zero-order valence-electron chi connectivity index (χ0n) is 19.3. The lowest BCUT2D eigenvalue weighted by Crippen LogP contribution is -2.33. The Balaban J connectivity index is 0.000000275. The molecular formula is C25H32N4O2S2. The van der Waals surface area contributed by atoms with Crippen LogP contribution in [0, 0.1) is 11.8 Å². The number of fused-ring (bicyclic) bond motifs is 1. The van der Waals surface area contributed by atoms with Crippen LogP contribution in [0.4, 0.5) is 5.69 Å². The number of aryl methyl sites for hydroxylation is 3. The van der Waals surface area contributed by atoms with Gasteiger partial charge in [0.1, 0.15) is 21.0 Å². The Bertz CT molecular complexity index is 1110. The van der Waals surface area contributed by atoms with E-state index < -0.39 is 11.0 Å². The minimum atomic E-state index is -1.28. The highest BCUT2D eigenvalue weighted by molar-refractivity contribution is 7.85. The predicted octanol–water partition coefficient (Wildman–Crippen LogP) is 4.61. The molecule has 3 aromatic rings. The van der Waals surface area contributed by atoms with Crippen LogP contribution in [-0.4, -0.2) is 19.7 Å². The maximum atomic E-state index is 13.2. The molecule has 2 heterocycles. The van der Waals surface area contributed by atoms with Gasteiger partial charge in [0, 0.05) is 31.0 Å². The van der Waals surface area contributed by atoms with Crippen LogP contribution in [0.15, 0.2) is 52.3 Å². The number of carbonyl (C=O) groups excluding carboxylic acids is 1. The summed E-state index contributed by atoms with van der Waals surface area (Å²) in [5.41, 5.74) is 3.91. The number of nitrogens with zero attached hydrogens (tertiary/aromatic N) is 3. The zero-order chi connectivity index (χ0) is 23.4. The summed E-state index contributed by atoms with van der Waals surface area (Å²) in [7, 11) is 0.711. The molecule has 0 saturated heterocycles. The minimum absolute atomic E-state index is 0.196. The maximum absolute atomic E-state index is 13.2. The lowest BCUT2D eigenvalue weighted by molar-refractivity contribution is -0.120. The van der Waals surface area contributed by atoms with Crippen LogP contribution in [0.2, 0.25) is 0 Å². The van der Waals surface area contributed by atoms with Gasteiger partial charge in [-0.05, 0) is 72.7 Å². The summed E-state index contributed by atoms with van der Waals surface area (Å²) in [5, 5.41) is 6.89. The van der Waals surface area contributed by atoms with Gasteiger partial charge in [0.15, 0.2) is 0 Å². The van der Waals surface area contributed by atoms with Crippen LogP contribution in [0.3, 0.4) is 0 Å². The quantitative estimate of drug-likeness (QED) is 0.555. The number of benzene rings is 1. The summed E-state index contributed by atoms with van der Waals surface area (Å²) in [6.45, 7) is 2.73. The van der Waals surface area contributed by atoms with Crippen molar-refractivity contribution in [3.05, 3.63) is 65.1 Å². The van der Waals surface area contributed by atoms with Crippen LogP contribution in [0.5, 0.6) is 0 Å². The van der Waals surface area contributed by atoms with Crippen LogP contribution in [-0.2, 0) is 42.2 Å². The van der Waals surface area contributed by atoms with Crippen molar-refractivity contribution in [2.24, 2.45) is 24.0 Å². The van der Waals surface area contributed by atoms with E-state index in [1.54, 1.807) is 12.3 Å². The molecule has 33 heavy (non-hydrogen) atoms. The molecule has 176 valence electrons. The Morgan fingerprint density at radius 3 is 2.64 bits per heavy atom. The monoisotopic (exact) mass is 484 g/mol. The van der Waals surface area contributed by atoms with Crippen molar-refractivity contribution in [1.29, 1.82) is 0 Å². The van der Waals surface area contributed by atoms with Gasteiger partial charge in [-0.15, -0.1) is 11.3 Å². The zero-order valence-corrected chi connectivity index (χ0v) is 20.9. The first kappa shape index (κ1) is 23.9. The summed E-state index contributed by atoms with van der Waals surface area (Å²) in [5.74, 6) is 1.96. The standard InChI is InChI=1S/C21H27N3O.C4H5NOS2/c1-3-15-13-19(15)21(25)24(14-20-22-10-11-23(20)2)18-9-8-16-6-4-5-7-17(16)12-18;5-8(6)4-2-1-3-7-4/h8-12,15,19H,3-7,13-14H2,1-2H3;1-3H,5H2/t15-,19-;/m0./s1. The van der Waals surface area contributed by atoms with Gasteiger partial charge >= 0.3 is 0 Å². The second kappa shape index (κ2) is 10.8. The van der Waals surface area contributed by atoms with E-state index in [2.05, 4.69) is 30.1 Å². The molecule has 1 aromatic carbocycles. The molecule has 2 N–H and O–H groups in total. The van der Waals surface area contributed by atoms with Crippen molar-refractivity contribution in [2.75, 3.05) is 4.90 Å². The number of hydrogen-bond donors (Lipinski definition) is 1. The molecule has 5 rings (SSSR count). The van der Waals surface area contributed by atoms with Crippen molar-refractivity contribution in [3.63, 3.8) is 0 Å². The highest BCUT2D eigenvalue weighted by Gasteiger charge is 2.44. The molecule has 6 nitrogen and oxygen atoms in total. The minimum Gasteiger partial charge on any atom is -0.337 e. The van der Waals surface area contributed by atoms with Crippen molar-refractivity contribution in [3.8, 4) is 0 Å². The maximum Gasteiger partial charge on any atom is 0.230 e. The third-order valence-corrected chi connectivity index (χ3v) is 8.56. The molecule has 1 fully saturated rings. The van der Waals surface area contributed by atoms with E-state index in [0.717, 1.165) is 35.0 Å². The summed E-state index contributed by atoms with van der Waals surface area (Å²) in [6.07, 6.45) is 10.7. The number of carbonyl (C=O) groups is 1. The van der Waals surface area contributed by atoms with E-state index in [9.17, 15) is 9.00 Å². The molecule has 0 spiro atoms. The number of amides is 1. The number of rotatable bonds is 6. The normalized spacial score (nSPS) is 19.7. The molecule has 1 amide bonds. The van der Waals surface area contributed by atoms with Gasteiger partial charge < -0.3 is 9.47 Å². The second-order valence-corrected chi connectivity index (χ2v) is 11.0. The third-order valence-electron chi connectivity index (χ3n) is 6.59. The Hall–Kier alpha value is -2.29. The van der Waals surface area contributed by atoms with Crippen LogP contribution in [0.25, 0.3) is 0 Å². The summed E-state index contributed by atoms with van der Waals surface area (Å²) >= 11 is 1.41. The smallest absolute Gasteiger partial charge is 0.230 e. The fourth-order valence-corrected chi connectivity index (χ4v) is 5.66. The van der Waals surface area contributed by atoms with E-state index in [0.29, 0.717) is 12.5 Å². The highest BCUT2D eigenvalue weighted by Crippen LogP contribution is 2.43. The van der Waals surface area contributed by atoms with Gasteiger partial charge in [0.2, 0.25) is 5.91 Å². The van der Waals surface area contributed by atoms with Gasteiger partial charge in [-0.1, -0.05) is 25.5 Å². The first-order chi connectivity index (χ1) is 16.0. The number of anilines is 1. The van der Waals surface area contributed by atoms with Crippen LogP contribution >= 0.6 is 11.3 Å². The molecule has 8 heteroatoms. The van der Waals surface area contributed by atoms with Crippen LogP contribution in [0.1, 0.15) is 49.6 Å². The first-order valence-electron chi connectivity index (χ1n) is 11.6. The van der Waals surface area contributed by atoms with Gasteiger partial charge in [-0.25, -0.2) is 14.3 Å². The highest BCUT2D eigenvalue weighted by atomic mass is 32.2. The summed E-state index contributed by atoms with van der Waals surface area (Å²) < 4.78 is 13.1. The second-order valence-electron chi connectivity index (χ2n) is 8.78. The first-order valence-corrected chi connectivity index (χ1v) is 13.7. The largest absolute Gasteiger partial charge is 0.337 e. The number of nitrogens with two attached hydrogens (primary N) is 1. The average Bonchev–Trinajstić information content (AvgIpc) is 3.18. The molecule has 2 aromatic heterocycles. The lowest BCUT2D eigenvalue weighted by atomic mass is 9.91. The van der Waals surface area contributed by atoms with Gasteiger partial charge in [0.25, 0.3) is 0 Å². The summed E-state index contributed by atoms with van der Waals surface area (Å²) in [6, 6.07) is 10.2. The Kier molecular flexibility index (Phi) is 7.78. The molecule has 0 aliphatic heterocycles. The Morgan fingerprint density at radius 2 is 2.06 bits per heavy atom. The van der Waals surface area contributed by atoms with E-state index in [1.807, 2.05) is 34.2 Å². The molecule has 0 bridgehead atoms. The third kappa shape index (κ3) is 5.80. The SMILES string of the molecule is CC[C@H]1C[C@@H]1C(=O)N(Cc1nccn1C)c1ccc2c(c1)CCCC2.NS(=O)c1cccs1. The Morgan fingerprint density at radius 1 is 1.27 bits per heavy atom. The van der Waals surface area contributed by atoms with E-state index >= 15 is 0 Å². The number of hydrogen-bond acceptors (Lipinski definition) is 4. The fourth-order valence-electron chi connectivity index (χ4n) is 4.45. The lowest BCUT2D eigenvalue weighted by Gasteiger charge is -2.25. The van der Waals surface area contributed by atoms with E-state index in [4.69, 9.17) is 5.14 Å². The topological polar surface area (TPSA) is 81.2 Å². The number of aromatic nitrogens is 2. The van der Waals surface area contributed by atoms with Crippen molar-refractivity contribution in [2.45, 2.75) is 56.2 Å². The molecule has 2 aliphatic rings. The Labute approximate surface area is 202 Å². The average molecular weight is 485 g/mol.